The highest BCUT2D eigenvalue weighted by atomic mass is 19.1. The highest BCUT2D eigenvalue weighted by Gasteiger charge is 2.14. The highest BCUT2D eigenvalue weighted by Crippen LogP contribution is 2.22. The van der Waals surface area contributed by atoms with Gasteiger partial charge < -0.3 is 10.1 Å². The second-order valence-electron chi connectivity index (χ2n) is 4.66. The Hall–Kier alpha value is -1.09. The highest BCUT2D eigenvalue weighted by molar-refractivity contribution is 5.34. The van der Waals surface area contributed by atoms with Crippen LogP contribution in [0.2, 0.25) is 0 Å². The molecule has 0 amide bonds. The summed E-state index contributed by atoms with van der Waals surface area (Å²) in [4.78, 5) is 0. The Morgan fingerprint density at radius 1 is 1.35 bits per heavy atom. The number of benzene rings is 1. The summed E-state index contributed by atoms with van der Waals surface area (Å²) in [5, 5.41) is 3.52. The van der Waals surface area contributed by atoms with Gasteiger partial charge in [-0.15, -0.1) is 0 Å². The summed E-state index contributed by atoms with van der Waals surface area (Å²) in [5.41, 5.74) is 0.965. The first-order chi connectivity index (χ1) is 8.29. The monoisotopic (exact) mass is 237 g/mol. The van der Waals surface area contributed by atoms with Crippen molar-refractivity contribution in [2.45, 2.75) is 38.1 Å². The standard InChI is InChI=1S/C14H20FNO/c1-17-14-7-6-12(15)9-11(14)10-13-5-3-2-4-8-16-13/h6-7,9,13,16H,2-5,8,10H2,1H3. The van der Waals surface area contributed by atoms with Gasteiger partial charge >= 0.3 is 0 Å². The van der Waals surface area contributed by atoms with E-state index in [9.17, 15) is 4.39 Å². The Labute approximate surface area is 102 Å². The molecule has 0 aliphatic carbocycles. The van der Waals surface area contributed by atoms with Crippen molar-refractivity contribution in [3.05, 3.63) is 29.6 Å². The van der Waals surface area contributed by atoms with Gasteiger partial charge in [0.25, 0.3) is 0 Å². The molecule has 1 unspecified atom stereocenters. The van der Waals surface area contributed by atoms with Gasteiger partial charge in [-0.25, -0.2) is 4.39 Å². The van der Waals surface area contributed by atoms with Crippen LogP contribution in [-0.2, 0) is 6.42 Å². The summed E-state index contributed by atoms with van der Waals surface area (Å²) < 4.78 is 18.5. The molecule has 1 N–H and O–H groups in total. The topological polar surface area (TPSA) is 21.3 Å². The van der Waals surface area contributed by atoms with E-state index in [0.29, 0.717) is 6.04 Å². The molecule has 2 nitrogen and oxygen atoms in total. The molecule has 1 aromatic carbocycles. The van der Waals surface area contributed by atoms with E-state index >= 15 is 0 Å². The SMILES string of the molecule is COc1ccc(F)cc1CC1CCCCCN1. The second-order valence-corrected chi connectivity index (χ2v) is 4.66. The van der Waals surface area contributed by atoms with Gasteiger partial charge in [0.1, 0.15) is 11.6 Å². The lowest BCUT2D eigenvalue weighted by atomic mass is 10.0. The van der Waals surface area contributed by atoms with Crippen molar-refractivity contribution in [3.63, 3.8) is 0 Å². The van der Waals surface area contributed by atoms with Gasteiger partial charge in [-0.05, 0) is 49.6 Å². The van der Waals surface area contributed by atoms with Crippen molar-refractivity contribution < 1.29 is 9.13 Å². The largest absolute Gasteiger partial charge is 0.496 e. The Morgan fingerprint density at radius 3 is 3.06 bits per heavy atom. The second kappa shape index (κ2) is 6.01. The van der Waals surface area contributed by atoms with E-state index in [1.54, 1.807) is 19.2 Å². The van der Waals surface area contributed by atoms with Crippen molar-refractivity contribution in [2.24, 2.45) is 0 Å². The number of rotatable bonds is 3. The summed E-state index contributed by atoms with van der Waals surface area (Å²) in [6.45, 7) is 1.07. The maximum Gasteiger partial charge on any atom is 0.123 e. The summed E-state index contributed by atoms with van der Waals surface area (Å²) in [6.07, 6.45) is 5.82. The van der Waals surface area contributed by atoms with E-state index in [-0.39, 0.29) is 5.82 Å². The predicted octanol–water partition coefficient (Wildman–Crippen LogP) is 2.91. The zero-order valence-corrected chi connectivity index (χ0v) is 10.3. The summed E-state index contributed by atoms with van der Waals surface area (Å²) >= 11 is 0. The molecular formula is C14H20FNO. The first-order valence-electron chi connectivity index (χ1n) is 6.35. The molecule has 2 rings (SSSR count). The van der Waals surface area contributed by atoms with Crippen molar-refractivity contribution >= 4 is 0 Å². The Bertz CT molecular complexity index is 359. The van der Waals surface area contributed by atoms with Gasteiger partial charge in [-0.3, -0.25) is 0 Å². The van der Waals surface area contributed by atoms with Crippen LogP contribution < -0.4 is 10.1 Å². The molecular weight excluding hydrogens is 217 g/mol. The fourth-order valence-electron chi connectivity index (χ4n) is 2.45. The third kappa shape index (κ3) is 3.43. The van der Waals surface area contributed by atoms with Crippen LogP contribution in [0, 0.1) is 5.82 Å². The zero-order chi connectivity index (χ0) is 12.1. The number of methoxy groups -OCH3 is 1. The van der Waals surface area contributed by atoms with Crippen molar-refractivity contribution in [1.82, 2.24) is 5.32 Å². The van der Waals surface area contributed by atoms with Crippen molar-refractivity contribution in [2.75, 3.05) is 13.7 Å². The van der Waals surface area contributed by atoms with E-state index in [4.69, 9.17) is 4.74 Å². The third-order valence-corrected chi connectivity index (χ3v) is 3.37. The van der Waals surface area contributed by atoms with Crippen LogP contribution in [0.1, 0.15) is 31.2 Å². The number of ether oxygens (including phenoxy) is 1. The Kier molecular flexibility index (Phi) is 4.37. The van der Waals surface area contributed by atoms with Crippen LogP contribution >= 0.6 is 0 Å². The minimum atomic E-state index is -0.186. The molecule has 0 bridgehead atoms. The van der Waals surface area contributed by atoms with Crippen LogP contribution in [0.15, 0.2) is 18.2 Å². The van der Waals surface area contributed by atoms with E-state index in [0.717, 1.165) is 24.3 Å². The molecule has 1 saturated heterocycles. The molecule has 0 aromatic heterocycles. The van der Waals surface area contributed by atoms with Crippen LogP contribution in [-0.4, -0.2) is 19.7 Å². The summed E-state index contributed by atoms with van der Waals surface area (Å²) in [6, 6.07) is 5.20. The van der Waals surface area contributed by atoms with Gasteiger partial charge in [0, 0.05) is 6.04 Å². The molecule has 1 atom stereocenters. The number of hydrogen-bond donors (Lipinski definition) is 1. The van der Waals surface area contributed by atoms with Gasteiger partial charge in [0.05, 0.1) is 7.11 Å². The maximum absolute atomic E-state index is 13.2. The fourth-order valence-corrected chi connectivity index (χ4v) is 2.45. The van der Waals surface area contributed by atoms with Crippen molar-refractivity contribution in [3.8, 4) is 5.75 Å². The quantitative estimate of drug-likeness (QED) is 0.872. The molecule has 1 aromatic rings. The zero-order valence-electron chi connectivity index (χ0n) is 10.3. The molecule has 3 heteroatoms. The Balaban J connectivity index is 2.07. The lowest BCUT2D eigenvalue weighted by Gasteiger charge is -2.17. The van der Waals surface area contributed by atoms with Crippen LogP contribution in [0.4, 0.5) is 4.39 Å². The van der Waals surface area contributed by atoms with E-state index in [1.807, 2.05) is 0 Å². The van der Waals surface area contributed by atoms with Crippen LogP contribution in [0.25, 0.3) is 0 Å². The number of nitrogens with one attached hydrogen (secondary N) is 1. The van der Waals surface area contributed by atoms with E-state index in [2.05, 4.69) is 5.32 Å². The molecule has 1 aliphatic heterocycles. The number of hydrogen-bond acceptors (Lipinski definition) is 2. The first kappa shape index (κ1) is 12.4. The van der Waals surface area contributed by atoms with Gasteiger partial charge in [-0.2, -0.15) is 0 Å². The normalized spacial score (nSPS) is 20.9. The average molecular weight is 237 g/mol. The van der Waals surface area contributed by atoms with Gasteiger partial charge in [0.2, 0.25) is 0 Å². The fraction of sp³-hybridized carbons (Fsp3) is 0.571. The summed E-state index contributed by atoms with van der Waals surface area (Å²) in [7, 11) is 1.64. The van der Waals surface area contributed by atoms with Crippen LogP contribution in [0.5, 0.6) is 5.75 Å². The van der Waals surface area contributed by atoms with E-state index in [1.165, 1.54) is 31.7 Å². The molecule has 94 valence electrons. The molecule has 0 saturated carbocycles. The molecule has 0 spiro atoms. The minimum Gasteiger partial charge on any atom is -0.496 e. The molecule has 0 radical (unpaired) electrons. The third-order valence-electron chi connectivity index (χ3n) is 3.37. The maximum atomic E-state index is 13.2. The lowest BCUT2D eigenvalue weighted by molar-refractivity contribution is 0.402. The predicted molar refractivity (Wildman–Crippen MR) is 66.9 cm³/mol. The smallest absolute Gasteiger partial charge is 0.123 e. The van der Waals surface area contributed by atoms with Gasteiger partial charge in [-0.1, -0.05) is 12.8 Å². The summed E-state index contributed by atoms with van der Waals surface area (Å²) in [5.74, 6) is 0.604. The molecule has 1 aliphatic rings. The lowest BCUT2D eigenvalue weighted by Crippen LogP contribution is -2.30. The average Bonchev–Trinajstić information content (AvgIpc) is 2.58. The number of halogens is 1. The Morgan fingerprint density at radius 2 is 2.24 bits per heavy atom. The molecule has 1 heterocycles. The first-order valence-corrected chi connectivity index (χ1v) is 6.35. The minimum absolute atomic E-state index is 0.186. The van der Waals surface area contributed by atoms with E-state index < -0.39 is 0 Å². The van der Waals surface area contributed by atoms with Gasteiger partial charge in [0.15, 0.2) is 0 Å². The molecule has 17 heavy (non-hydrogen) atoms. The van der Waals surface area contributed by atoms with Crippen molar-refractivity contribution in [1.29, 1.82) is 0 Å². The molecule has 1 fully saturated rings. The van der Waals surface area contributed by atoms with Crippen LogP contribution in [0.3, 0.4) is 0 Å².